The number of rotatable bonds is 0. The summed E-state index contributed by atoms with van der Waals surface area (Å²) in [4.78, 5) is 0. The molecule has 0 aliphatic rings. The first-order valence-corrected chi connectivity index (χ1v) is 2.94. The van der Waals surface area contributed by atoms with Gasteiger partial charge in [0, 0.05) is 0 Å². The maximum Gasteiger partial charge on any atom is -0.0360 e. The first kappa shape index (κ1) is 16.0. The van der Waals surface area contributed by atoms with Crippen LogP contribution in [0, 0.1) is 11.3 Å². The van der Waals surface area contributed by atoms with Gasteiger partial charge < -0.3 is 0 Å². The summed E-state index contributed by atoms with van der Waals surface area (Å²) in [5, 5.41) is 0. The molecule has 0 aromatic carbocycles. The fourth-order valence-electron chi connectivity index (χ4n) is 0. The molecule has 0 amide bonds. The van der Waals surface area contributed by atoms with Gasteiger partial charge in [0.25, 0.3) is 0 Å². The van der Waals surface area contributed by atoms with Crippen LogP contribution in [0.5, 0.6) is 0 Å². The van der Waals surface area contributed by atoms with Gasteiger partial charge in [-0.15, -0.1) is 0 Å². The Hall–Kier alpha value is 0. The van der Waals surface area contributed by atoms with Crippen LogP contribution < -0.4 is 0 Å². The van der Waals surface area contributed by atoms with Crippen molar-refractivity contribution >= 4 is 0 Å². The van der Waals surface area contributed by atoms with Crippen molar-refractivity contribution in [3.8, 4) is 0 Å². The van der Waals surface area contributed by atoms with Gasteiger partial charge in [-0.1, -0.05) is 49.5 Å². The lowest BCUT2D eigenvalue weighted by Crippen LogP contribution is -2.12. The molecule has 0 saturated heterocycles. The van der Waals surface area contributed by atoms with E-state index < -0.39 is 0 Å². The smallest absolute Gasteiger partial charge is 0.0360 e. The van der Waals surface area contributed by atoms with E-state index in [-0.39, 0.29) is 14.9 Å². The van der Waals surface area contributed by atoms with E-state index in [1.807, 2.05) is 0 Å². The van der Waals surface area contributed by atoms with E-state index in [0.717, 1.165) is 5.92 Å². The third kappa shape index (κ3) is 8.00. The van der Waals surface area contributed by atoms with Gasteiger partial charge >= 0.3 is 0 Å². The van der Waals surface area contributed by atoms with Crippen LogP contribution in [0.15, 0.2) is 0 Å². The largest absolute Gasteiger partial charge is 0.0776 e. The molecule has 0 aliphatic heterocycles. The predicted octanol–water partition coefficient (Wildman–Crippen LogP) is 3.96. The first-order valence-electron chi connectivity index (χ1n) is 2.94. The van der Waals surface area contributed by atoms with Gasteiger partial charge in [0.1, 0.15) is 0 Å². The molecule has 0 heteroatoms. The van der Waals surface area contributed by atoms with Crippen molar-refractivity contribution in [3.05, 3.63) is 0 Å². The van der Waals surface area contributed by atoms with E-state index in [1.54, 1.807) is 0 Å². The Morgan fingerprint density at radius 2 is 1.00 bits per heavy atom. The first-order chi connectivity index (χ1) is 2.94. The molecule has 0 atom stereocenters. The summed E-state index contributed by atoms with van der Waals surface area (Å²) < 4.78 is 0. The maximum atomic E-state index is 2.26. The molecule has 0 aromatic heterocycles. The van der Waals surface area contributed by atoms with Gasteiger partial charge in [0.2, 0.25) is 0 Å². The summed E-state index contributed by atoms with van der Waals surface area (Å²) in [6.07, 6.45) is 0. The molecule has 0 fully saturated rings. The van der Waals surface area contributed by atoms with E-state index in [0.29, 0.717) is 5.41 Å². The summed E-state index contributed by atoms with van der Waals surface area (Å²) in [5.74, 6) is 0.799. The molecule has 0 rings (SSSR count). The van der Waals surface area contributed by atoms with Crippen molar-refractivity contribution in [1.82, 2.24) is 0 Å². The van der Waals surface area contributed by atoms with Crippen LogP contribution in [0.25, 0.3) is 0 Å². The quantitative estimate of drug-likeness (QED) is 0.468. The molecule has 0 bridgehead atoms. The molecule has 0 unspecified atom stereocenters. The second kappa shape index (κ2) is 4.84. The second-order valence-corrected chi connectivity index (χ2v) is 3.52. The minimum atomic E-state index is 0. The Kier molecular flexibility index (Phi) is 8.60. The minimum absolute atomic E-state index is 0. The second-order valence-electron chi connectivity index (χ2n) is 3.52. The zero-order valence-corrected chi connectivity index (χ0v) is 6.08. The van der Waals surface area contributed by atoms with Crippen LogP contribution in [-0.4, -0.2) is 0 Å². The summed E-state index contributed by atoms with van der Waals surface area (Å²) >= 11 is 0. The van der Waals surface area contributed by atoms with Gasteiger partial charge in [0.15, 0.2) is 0 Å². The zero-order valence-electron chi connectivity index (χ0n) is 6.08. The van der Waals surface area contributed by atoms with Gasteiger partial charge in [-0.2, -0.15) is 0 Å². The molecule has 9 heavy (non-hydrogen) atoms. The molecule has 0 nitrogen and oxygen atoms in total. The zero-order chi connectivity index (χ0) is 6.08. The van der Waals surface area contributed by atoms with E-state index in [9.17, 15) is 0 Å². The third-order valence-electron chi connectivity index (χ3n) is 1.73. The normalized spacial score (nSPS) is 10.0. The van der Waals surface area contributed by atoms with Crippen molar-refractivity contribution in [2.75, 3.05) is 0 Å². The molecule has 0 aromatic rings. The van der Waals surface area contributed by atoms with Crippen LogP contribution in [0.2, 0.25) is 0 Å². The Balaban J connectivity index is -0.000000180. The highest BCUT2D eigenvalue weighted by molar-refractivity contribution is 4.64. The summed E-state index contributed by atoms with van der Waals surface area (Å²) in [5.41, 5.74) is 0.500. The van der Waals surface area contributed by atoms with Crippen molar-refractivity contribution in [1.29, 1.82) is 0 Å². The van der Waals surface area contributed by atoms with Crippen molar-refractivity contribution in [2.45, 2.75) is 49.5 Å². The van der Waals surface area contributed by atoms with Crippen LogP contribution in [0.1, 0.15) is 49.5 Å². The van der Waals surface area contributed by atoms with Crippen molar-refractivity contribution in [3.63, 3.8) is 0 Å². The minimum Gasteiger partial charge on any atom is -0.0776 e. The molecule has 60 valence electrons. The Morgan fingerprint density at radius 1 is 0.889 bits per heavy atom. The maximum absolute atomic E-state index is 2.26. The molecule has 0 N–H and O–H groups in total. The highest BCUT2D eigenvalue weighted by Gasteiger charge is 2.13. The third-order valence-corrected chi connectivity index (χ3v) is 1.73. The van der Waals surface area contributed by atoms with Gasteiger partial charge in [0.05, 0.1) is 0 Å². The molecule has 0 radical (unpaired) electrons. The van der Waals surface area contributed by atoms with Crippen LogP contribution >= 0.6 is 0 Å². The topological polar surface area (TPSA) is 0 Å². The Labute approximate surface area is 61.7 Å². The fraction of sp³-hybridized carbons (Fsp3) is 1.00. The van der Waals surface area contributed by atoms with Gasteiger partial charge in [-0.05, 0) is 11.3 Å². The molecule has 0 aliphatic carbocycles. The van der Waals surface area contributed by atoms with Crippen molar-refractivity contribution < 1.29 is 0 Å². The Bertz CT molecular complexity index is 45.5. The van der Waals surface area contributed by atoms with E-state index >= 15 is 0 Å². The van der Waals surface area contributed by atoms with Crippen LogP contribution in [0.4, 0.5) is 0 Å². The number of hydrogen-bond acceptors (Lipinski definition) is 0. The van der Waals surface area contributed by atoms with E-state index in [1.165, 1.54) is 0 Å². The lowest BCUT2D eigenvalue weighted by Gasteiger charge is -2.22. The summed E-state index contributed by atoms with van der Waals surface area (Å²) in [7, 11) is 0. The lowest BCUT2D eigenvalue weighted by molar-refractivity contribution is 0.283. The van der Waals surface area contributed by atoms with Gasteiger partial charge in [-0.25, -0.2) is 0 Å². The molecular weight excluding hydrogens is 108 g/mol. The Morgan fingerprint density at radius 3 is 1.00 bits per heavy atom. The predicted molar refractivity (Wildman–Crippen MR) is 47.8 cm³/mol. The van der Waals surface area contributed by atoms with Crippen molar-refractivity contribution in [2.24, 2.45) is 11.3 Å². The fourth-order valence-corrected chi connectivity index (χ4v) is 0. The number of hydrogen-bond donors (Lipinski definition) is 0. The molecule has 0 spiro atoms. The van der Waals surface area contributed by atoms with Crippen LogP contribution in [-0.2, 0) is 0 Å². The SMILES string of the molecule is C.C.CC(C)C(C)(C)C. The molecule has 0 saturated carbocycles. The average molecular weight is 132 g/mol. The molecule has 0 heterocycles. The lowest BCUT2D eigenvalue weighted by atomic mass is 9.84. The highest BCUT2D eigenvalue weighted by Crippen LogP contribution is 2.23. The van der Waals surface area contributed by atoms with Gasteiger partial charge in [-0.3, -0.25) is 0 Å². The van der Waals surface area contributed by atoms with Crippen LogP contribution in [0.3, 0.4) is 0 Å². The summed E-state index contributed by atoms with van der Waals surface area (Å²) in [6, 6.07) is 0. The monoisotopic (exact) mass is 132 g/mol. The average Bonchev–Trinajstić information content (AvgIpc) is 1.31. The van der Waals surface area contributed by atoms with E-state index in [4.69, 9.17) is 0 Å². The highest BCUT2D eigenvalue weighted by atomic mass is 14.2. The summed E-state index contributed by atoms with van der Waals surface area (Å²) in [6.45, 7) is 11.3. The van der Waals surface area contributed by atoms with E-state index in [2.05, 4.69) is 34.6 Å². The molecular formula is C9H24. The standard InChI is InChI=1S/C7H16.2CH4/c1-6(2)7(3,4)5;;/h6H,1-5H3;2*1H4.